The summed E-state index contributed by atoms with van der Waals surface area (Å²) in [7, 11) is 0. The molecule has 25 heavy (non-hydrogen) atoms. The van der Waals surface area contributed by atoms with Gasteiger partial charge in [-0.05, 0) is 53.5 Å². The van der Waals surface area contributed by atoms with Gasteiger partial charge >= 0.3 is 6.09 Å². The van der Waals surface area contributed by atoms with Crippen molar-refractivity contribution in [2.24, 2.45) is 0 Å². The number of rotatable bonds is 4. The molecule has 2 aliphatic heterocycles. The Bertz CT molecular complexity index is 469. The maximum absolute atomic E-state index is 12.6. The maximum Gasteiger partial charge on any atom is 0.411 e. The minimum Gasteiger partial charge on any atom is -0.444 e. The number of piperidine rings is 1. The van der Waals surface area contributed by atoms with Gasteiger partial charge in [0.1, 0.15) is 11.6 Å². The van der Waals surface area contributed by atoms with Crippen LogP contribution in [0.25, 0.3) is 0 Å². The highest BCUT2D eigenvalue weighted by Crippen LogP contribution is 2.17. The number of aliphatic hydroxyl groups is 1. The molecule has 1 atom stereocenters. The summed E-state index contributed by atoms with van der Waals surface area (Å²) in [6, 6.07) is -0.478. The summed E-state index contributed by atoms with van der Waals surface area (Å²) < 4.78 is 5.39. The number of amides is 2. The van der Waals surface area contributed by atoms with E-state index in [9.17, 15) is 14.7 Å². The Hall–Kier alpha value is -1.34. The zero-order chi connectivity index (χ0) is 18.6. The Morgan fingerprint density at radius 1 is 1.16 bits per heavy atom. The first-order chi connectivity index (χ1) is 11.7. The van der Waals surface area contributed by atoms with Gasteiger partial charge in [0, 0.05) is 32.7 Å². The van der Waals surface area contributed by atoms with Crippen LogP contribution in [-0.2, 0) is 9.53 Å². The van der Waals surface area contributed by atoms with Gasteiger partial charge in [-0.3, -0.25) is 9.69 Å². The highest BCUT2D eigenvalue weighted by molar-refractivity contribution is 5.86. The van der Waals surface area contributed by atoms with Crippen LogP contribution in [0.2, 0.25) is 0 Å². The quantitative estimate of drug-likeness (QED) is 0.823. The molecule has 2 heterocycles. The number of piperazine rings is 1. The highest BCUT2D eigenvalue weighted by atomic mass is 16.6. The third-order valence-electron chi connectivity index (χ3n) is 4.83. The molecule has 2 saturated heterocycles. The number of likely N-dealkylation sites (tertiary alicyclic amines) is 1. The minimum absolute atomic E-state index is 0.00817. The molecule has 2 rings (SSSR count). The van der Waals surface area contributed by atoms with Crippen molar-refractivity contribution >= 4 is 12.0 Å². The number of hydrogen-bond acceptors (Lipinski definition) is 5. The van der Waals surface area contributed by atoms with Crippen molar-refractivity contribution in [3.63, 3.8) is 0 Å². The van der Waals surface area contributed by atoms with Gasteiger partial charge in [-0.2, -0.15) is 0 Å². The number of aliphatic hydroxyl groups excluding tert-OH is 1. The predicted octanol–water partition coefficient (Wildman–Crippen LogP) is 1.30. The summed E-state index contributed by atoms with van der Waals surface area (Å²) >= 11 is 0. The van der Waals surface area contributed by atoms with E-state index in [4.69, 9.17) is 4.74 Å². The van der Waals surface area contributed by atoms with Crippen LogP contribution in [0.5, 0.6) is 0 Å². The second-order valence-corrected chi connectivity index (χ2v) is 8.10. The molecule has 0 aromatic carbocycles. The fourth-order valence-electron chi connectivity index (χ4n) is 3.35. The minimum atomic E-state index is -0.557. The molecule has 1 N–H and O–H groups in total. The first-order valence-electron chi connectivity index (χ1n) is 9.36. The number of carbonyl (C=O) groups is 2. The lowest BCUT2D eigenvalue weighted by Crippen LogP contribution is -2.58. The lowest BCUT2D eigenvalue weighted by Gasteiger charge is -2.39. The molecule has 0 bridgehead atoms. The van der Waals surface area contributed by atoms with Crippen LogP contribution in [0.15, 0.2) is 0 Å². The van der Waals surface area contributed by atoms with Crippen LogP contribution in [0, 0.1) is 0 Å². The first-order valence-corrected chi connectivity index (χ1v) is 9.36. The van der Waals surface area contributed by atoms with Gasteiger partial charge in [0.15, 0.2) is 0 Å². The Labute approximate surface area is 150 Å². The van der Waals surface area contributed by atoms with Gasteiger partial charge in [-0.1, -0.05) is 0 Å². The molecule has 0 saturated carbocycles. The lowest BCUT2D eigenvalue weighted by molar-refractivity contribution is -0.140. The average Bonchev–Trinajstić information content (AvgIpc) is 2.51. The lowest BCUT2D eigenvalue weighted by atomic mass is 10.1. The van der Waals surface area contributed by atoms with Crippen molar-refractivity contribution in [3.8, 4) is 0 Å². The van der Waals surface area contributed by atoms with Crippen LogP contribution < -0.4 is 0 Å². The van der Waals surface area contributed by atoms with Crippen LogP contribution in [0.3, 0.4) is 0 Å². The molecule has 0 aliphatic carbocycles. The largest absolute Gasteiger partial charge is 0.444 e. The summed E-state index contributed by atoms with van der Waals surface area (Å²) in [6.07, 6.45) is 2.02. The van der Waals surface area contributed by atoms with Crippen molar-refractivity contribution in [2.75, 3.05) is 39.3 Å². The van der Waals surface area contributed by atoms with E-state index in [2.05, 4.69) is 4.90 Å². The number of nitrogens with zero attached hydrogens (tertiary/aromatic N) is 3. The summed E-state index contributed by atoms with van der Waals surface area (Å²) in [4.78, 5) is 30.5. The molecule has 0 aromatic rings. The highest BCUT2D eigenvalue weighted by Gasteiger charge is 2.36. The number of hydrogen-bond donors (Lipinski definition) is 1. The fourth-order valence-corrected chi connectivity index (χ4v) is 3.35. The summed E-state index contributed by atoms with van der Waals surface area (Å²) in [6.45, 7) is 11.8. The number of carbonyl (C=O) groups excluding carboxylic acids is 2. The van der Waals surface area contributed by atoms with Crippen LogP contribution in [0.1, 0.15) is 47.0 Å². The molecule has 2 aliphatic rings. The van der Waals surface area contributed by atoms with Gasteiger partial charge in [-0.25, -0.2) is 4.79 Å². The molecule has 2 amide bonds. The molecule has 1 unspecified atom stereocenters. The average molecular weight is 355 g/mol. The van der Waals surface area contributed by atoms with Crippen LogP contribution in [0.4, 0.5) is 4.79 Å². The summed E-state index contributed by atoms with van der Waals surface area (Å²) in [5, 5.41) is 9.54. The van der Waals surface area contributed by atoms with E-state index < -0.39 is 17.7 Å². The van der Waals surface area contributed by atoms with Crippen molar-refractivity contribution in [1.29, 1.82) is 0 Å². The van der Waals surface area contributed by atoms with Crippen molar-refractivity contribution in [2.45, 2.75) is 64.7 Å². The van der Waals surface area contributed by atoms with E-state index >= 15 is 0 Å². The normalized spacial score (nSPS) is 23.9. The third-order valence-corrected chi connectivity index (χ3v) is 4.83. The van der Waals surface area contributed by atoms with E-state index in [1.165, 1.54) is 4.90 Å². The summed E-state index contributed by atoms with van der Waals surface area (Å²) in [5.41, 5.74) is -0.557. The Kier molecular flexibility index (Phi) is 6.68. The van der Waals surface area contributed by atoms with Gasteiger partial charge < -0.3 is 19.6 Å². The Morgan fingerprint density at radius 3 is 2.40 bits per heavy atom. The number of ether oxygens (including phenoxy) is 1. The summed E-state index contributed by atoms with van der Waals surface area (Å²) in [5.74, 6) is -0.00817. The molecule has 0 aromatic heterocycles. The molecule has 0 spiro atoms. The van der Waals surface area contributed by atoms with Crippen molar-refractivity contribution in [1.82, 2.24) is 14.7 Å². The zero-order valence-corrected chi connectivity index (χ0v) is 16.0. The Balaban J connectivity index is 1.76. The van der Waals surface area contributed by atoms with Crippen LogP contribution in [-0.4, -0.2) is 88.8 Å². The predicted molar refractivity (Wildman–Crippen MR) is 95.3 cm³/mol. The molecule has 7 nitrogen and oxygen atoms in total. The van der Waals surface area contributed by atoms with E-state index in [1.807, 2.05) is 25.7 Å². The molecule has 2 fully saturated rings. The van der Waals surface area contributed by atoms with Gasteiger partial charge in [-0.15, -0.1) is 0 Å². The van der Waals surface area contributed by atoms with Gasteiger partial charge in [0.25, 0.3) is 0 Å². The fraction of sp³-hybridized carbons (Fsp3) is 0.889. The van der Waals surface area contributed by atoms with Crippen molar-refractivity contribution < 1.29 is 19.4 Å². The molecular weight excluding hydrogens is 322 g/mol. The maximum atomic E-state index is 12.6. The molecule has 7 heteroatoms. The van der Waals surface area contributed by atoms with Crippen molar-refractivity contribution in [3.05, 3.63) is 0 Å². The van der Waals surface area contributed by atoms with E-state index in [-0.39, 0.29) is 12.0 Å². The zero-order valence-electron chi connectivity index (χ0n) is 16.0. The smallest absolute Gasteiger partial charge is 0.411 e. The Morgan fingerprint density at radius 2 is 1.80 bits per heavy atom. The van der Waals surface area contributed by atoms with E-state index in [0.717, 1.165) is 38.9 Å². The van der Waals surface area contributed by atoms with E-state index in [0.29, 0.717) is 19.6 Å². The molecule has 144 valence electrons. The first kappa shape index (κ1) is 20.0. The molecule has 0 radical (unpaired) electrons. The molecular formula is C18H33N3O4. The monoisotopic (exact) mass is 355 g/mol. The second-order valence-electron chi connectivity index (χ2n) is 8.10. The van der Waals surface area contributed by atoms with Crippen LogP contribution >= 0.6 is 0 Å². The van der Waals surface area contributed by atoms with Gasteiger partial charge in [0.05, 0.1) is 6.10 Å². The topological polar surface area (TPSA) is 73.3 Å². The van der Waals surface area contributed by atoms with E-state index in [1.54, 1.807) is 6.92 Å². The second kappa shape index (κ2) is 8.36. The van der Waals surface area contributed by atoms with Gasteiger partial charge in [0.2, 0.25) is 5.91 Å². The third kappa shape index (κ3) is 5.85. The standard InChI is InChI=1S/C18H33N3O4/c1-14-16(23)20(9-5-8-19-10-6-15(22)7-11-19)12-13-21(14)17(24)25-18(2,3)4/h14-15,22H,5-13H2,1-4H3. The SMILES string of the molecule is CC1C(=O)N(CCCN2CCC(O)CC2)CCN1C(=O)OC(C)(C)C.